The second kappa shape index (κ2) is 2.64. The van der Waals surface area contributed by atoms with E-state index in [0.29, 0.717) is 6.54 Å². The second-order valence-electron chi connectivity index (χ2n) is 2.75. The Morgan fingerprint density at radius 2 is 2.09 bits per heavy atom. The molecule has 1 aliphatic rings. The van der Waals surface area contributed by atoms with Gasteiger partial charge in [0.2, 0.25) is 0 Å². The van der Waals surface area contributed by atoms with Gasteiger partial charge in [0.05, 0.1) is 6.61 Å². The number of ether oxygens (including phenoxy) is 1. The largest absolute Gasteiger partial charge is 0.418 e. The molecule has 1 atom stereocenters. The van der Waals surface area contributed by atoms with E-state index in [1.807, 2.05) is 0 Å². The minimum atomic E-state index is -4.28. The summed E-state index contributed by atoms with van der Waals surface area (Å²) in [4.78, 5) is 0. The highest BCUT2D eigenvalue weighted by atomic mass is 19.4. The van der Waals surface area contributed by atoms with E-state index in [-0.39, 0.29) is 13.2 Å². The molecular formula is C6H10F3NO. The summed E-state index contributed by atoms with van der Waals surface area (Å²) < 4.78 is 41.1. The van der Waals surface area contributed by atoms with Gasteiger partial charge in [-0.2, -0.15) is 13.2 Å². The van der Waals surface area contributed by atoms with Crippen LogP contribution < -0.4 is 5.32 Å². The third-order valence-corrected chi connectivity index (χ3v) is 1.76. The first-order valence-electron chi connectivity index (χ1n) is 3.37. The maximum absolute atomic E-state index is 12.2. The molecule has 11 heavy (non-hydrogen) atoms. The van der Waals surface area contributed by atoms with Gasteiger partial charge in [0, 0.05) is 13.1 Å². The SMILES string of the molecule is C[C@]1(C(F)(F)F)CNCCO1. The average Bonchev–Trinajstić information content (AvgIpc) is 1.87. The van der Waals surface area contributed by atoms with Gasteiger partial charge in [-0.05, 0) is 6.92 Å². The number of hydrogen-bond acceptors (Lipinski definition) is 2. The number of halogens is 3. The monoisotopic (exact) mass is 169 g/mol. The second-order valence-corrected chi connectivity index (χ2v) is 2.75. The van der Waals surface area contributed by atoms with Crippen LogP contribution in [0, 0.1) is 0 Å². The molecule has 0 aromatic rings. The molecule has 0 radical (unpaired) electrons. The molecule has 0 aromatic heterocycles. The molecule has 0 amide bonds. The van der Waals surface area contributed by atoms with E-state index in [4.69, 9.17) is 0 Å². The van der Waals surface area contributed by atoms with Gasteiger partial charge in [0.25, 0.3) is 0 Å². The highest BCUT2D eigenvalue weighted by Gasteiger charge is 2.52. The normalized spacial score (nSPS) is 33.8. The zero-order valence-corrected chi connectivity index (χ0v) is 6.16. The van der Waals surface area contributed by atoms with E-state index >= 15 is 0 Å². The van der Waals surface area contributed by atoms with Gasteiger partial charge in [-0.15, -0.1) is 0 Å². The van der Waals surface area contributed by atoms with E-state index in [0.717, 1.165) is 6.92 Å². The van der Waals surface area contributed by atoms with Crippen molar-refractivity contribution in [2.75, 3.05) is 19.7 Å². The van der Waals surface area contributed by atoms with Crippen molar-refractivity contribution < 1.29 is 17.9 Å². The fourth-order valence-corrected chi connectivity index (χ4v) is 0.908. The number of rotatable bonds is 0. The van der Waals surface area contributed by atoms with E-state index in [2.05, 4.69) is 10.1 Å². The summed E-state index contributed by atoms with van der Waals surface area (Å²) in [7, 11) is 0. The van der Waals surface area contributed by atoms with Crippen LogP contribution in [0.3, 0.4) is 0 Å². The van der Waals surface area contributed by atoms with Crippen molar-refractivity contribution >= 4 is 0 Å². The summed E-state index contributed by atoms with van der Waals surface area (Å²) in [5.74, 6) is 0. The number of alkyl halides is 3. The van der Waals surface area contributed by atoms with Crippen LogP contribution in [0.2, 0.25) is 0 Å². The van der Waals surface area contributed by atoms with E-state index in [9.17, 15) is 13.2 Å². The molecule has 0 bridgehead atoms. The van der Waals surface area contributed by atoms with Gasteiger partial charge in [0.1, 0.15) is 0 Å². The first-order chi connectivity index (χ1) is 4.96. The lowest BCUT2D eigenvalue weighted by molar-refractivity contribution is -0.275. The Morgan fingerprint density at radius 3 is 2.36 bits per heavy atom. The molecule has 0 aromatic carbocycles. The van der Waals surface area contributed by atoms with Crippen LogP contribution in [0.5, 0.6) is 0 Å². The van der Waals surface area contributed by atoms with E-state index in [1.54, 1.807) is 0 Å². The molecule has 1 aliphatic heterocycles. The lowest BCUT2D eigenvalue weighted by atomic mass is 10.1. The van der Waals surface area contributed by atoms with Crippen molar-refractivity contribution in [3.8, 4) is 0 Å². The maximum atomic E-state index is 12.2. The number of hydrogen-bond donors (Lipinski definition) is 1. The minimum absolute atomic E-state index is 0.121. The van der Waals surface area contributed by atoms with Crippen molar-refractivity contribution in [1.29, 1.82) is 0 Å². The van der Waals surface area contributed by atoms with Crippen molar-refractivity contribution in [2.45, 2.75) is 18.7 Å². The molecule has 1 fully saturated rings. The third kappa shape index (κ3) is 1.65. The van der Waals surface area contributed by atoms with E-state index < -0.39 is 11.8 Å². The fraction of sp³-hybridized carbons (Fsp3) is 1.00. The van der Waals surface area contributed by atoms with Crippen molar-refractivity contribution in [1.82, 2.24) is 5.32 Å². The Morgan fingerprint density at radius 1 is 1.45 bits per heavy atom. The zero-order valence-electron chi connectivity index (χ0n) is 6.16. The van der Waals surface area contributed by atoms with Gasteiger partial charge in [-0.3, -0.25) is 0 Å². The lowest BCUT2D eigenvalue weighted by Crippen LogP contribution is -2.56. The molecule has 1 rings (SSSR count). The minimum Gasteiger partial charge on any atom is -0.363 e. The predicted octanol–water partition coefficient (Wildman–Crippen LogP) is 0.927. The van der Waals surface area contributed by atoms with Gasteiger partial charge >= 0.3 is 6.18 Å². The lowest BCUT2D eigenvalue weighted by Gasteiger charge is -2.35. The predicted molar refractivity (Wildman–Crippen MR) is 33.3 cm³/mol. The zero-order chi connectivity index (χ0) is 8.54. The van der Waals surface area contributed by atoms with Crippen LogP contribution in [-0.2, 0) is 4.74 Å². The molecule has 0 aliphatic carbocycles. The molecule has 5 heteroatoms. The summed E-state index contributed by atoms with van der Waals surface area (Å²) in [6.45, 7) is 1.51. The van der Waals surface area contributed by atoms with Gasteiger partial charge in [0.15, 0.2) is 5.60 Å². The first-order valence-corrected chi connectivity index (χ1v) is 3.37. The van der Waals surface area contributed by atoms with Gasteiger partial charge in [-0.25, -0.2) is 0 Å². The smallest absolute Gasteiger partial charge is 0.363 e. The molecule has 1 saturated heterocycles. The van der Waals surface area contributed by atoms with Crippen molar-refractivity contribution in [2.24, 2.45) is 0 Å². The number of nitrogens with one attached hydrogen (secondary N) is 1. The van der Waals surface area contributed by atoms with Crippen LogP contribution in [-0.4, -0.2) is 31.5 Å². The van der Waals surface area contributed by atoms with Crippen LogP contribution >= 0.6 is 0 Å². The highest BCUT2D eigenvalue weighted by Crippen LogP contribution is 2.33. The van der Waals surface area contributed by atoms with Crippen LogP contribution in [0.15, 0.2) is 0 Å². The molecule has 0 unspecified atom stereocenters. The van der Waals surface area contributed by atoms with Gasteiger partial charge < -0.3 is 10.1 Å². The average molecular weight is 169 g/mol. The molecule has 0 spiro atoms. The van der Waals surface area contributed by atoms with Crippen LogP contribution in [0.4, 0.5) is 13.2 Å². The maximum Gasteiger partial charge on any atom is 0.418 e. The summed E-state index contributed by atoms with van der Waals surface area (Å²) in [6.07, 6.45) is -4.28. The van der Waals surface area contributed by atoms with Crippen molar-refractivity contribution in [3.05, 3.63) is 0 Å². The summed E-state index contributed by atoms with van der Waals surface area (Å²) in [6, 6.07) is 0. The molecule has 66 valence electrons. The van der Waals surface area contributed by atoms with Gasteiger partial charge in [-0.1, -0.05) is 0 Å². The fourth-order valence-electron chi connectivity index (χ4n) is 0.908. The molecule has 2 nitrogen and oxygen atoms in total. The Balaban J connectivity index is 2.64. The summed E-state index contributed by atoms with van der Waals surface area (Å²) in [5.41, 5.74) is -1.99. The van der Waals surface area contributed by atoms with E-state index in [1.165, 1.54) is 0 Å². The molecule has 0 saturated carbocycles. The summed E-state index contributed by atoms with van der Waals surface area (Å²) >= 11 is 0. The Kier molecular flexibility index (Phi) is 2.11. The Labute approximate surface area is 62.7 Å². The molecule has 1 N–H and O–H groups in total. The van der Waals surface area contributed by atoms with Crippen LogP contribution in [0.25, 0.3) is 0 Å². The van der Waals surface area contributed by atoms with Crippen molar-refractivity contribution in [3.63, 3.8) is 0 Å². The highest BCUT2D eigenvalue weighted by molar-refractivity contribution is 4.88. The van der Waals surface area contributed by atoms with Crippen LogP contribution in [0.1, 0.15) is 6.92 Å². The molecular weight excluding hydrogens is 159 g/mol. The number of morpholine rings is 1. The quantitative estimate of drug-likeness (QED) is 0.582. The third-order valence-electron chi connectivity index (χ3n) is 1.76. The topological polar surface area (TPSA) is 21.3 Å². The molecule has 1 heterocycles. The standard InChI is InChI=1S/C6H10F3NO/c1-5(6(7,8)9)4-10-2-3-11-5/h10H,2-4H2,1H3/t5-/m1/s1. The Hall–Kier alpha value is -0.290. The first kappa shape index (κ1) is 8.80. The summed E-state index contributed by atoms with van der Waals surface area (Å²) in [5, 5.41) is 2.64. The Bertz CT molecular complexity index is 139.